The Labute approximate surface area is 192 Å². The van der Waals surface area contributed by atoms with E-state index < -0.39 is 0 Å². The van der Waals surface area contributed by atoms with Crippen LogP contribution in [0.1, 0.15) is 51.7 Å². The molecule has 0 aromatic heterocycles. The summed E-state index contributed by atoms with van der Waals surface area (Å²) in [7, 11) is 0. The summed E-state index contributed by atoms with van der Waals surface area (Å²) in [6, 6.07) is 24.3. The molecule has 3 aromatic carbocycles. The smallest absolute Gasteiger partial charge is 0.0858 e. The molecule has 0 radical (unpaired) electrons. The highest BCUT2D eigenvalue weighted by Gasteiger charge is 2.02. The van der Waals surface area contributed by atoms with Gasteiger partial charge in [0, 0.05) is 0 Å². The second-order valence-corrected chi connectivity index (χ2v) is 8.68. The Kier molecular flexibility index (Phi) is 8.85. The number of rotatable bonds is 10. The number of benzene rings is 3. The number of nitrogens with zero attached hydrogens (tertiary/aromatic N) is 4. The van der Waals surface area contributed by atoms with Crippen molar-refractivity contribution in [2.45, 2.75) is 53.4 Å². The van der Waals surface area contributed by atoms with E-state index in [0.29, 0.717) is 11.8 Å². The molecule has 0 spiro atoms. The molecular weight excluding hydrogens is 392 g/mol. The van der Waals surface area contributed by atoms with Crippen LogP contribution in [0, 0.1) is 11.8 Å². The molecule has 4 heteroatoms. The van der Waals surface area contributed by atoms with Crippen molar-refractivity contribution in [2.24, 2.45) is 32.3 Å². The van der Waals surface area contributed by atoms with Crippen molar-refractivity contribution in [3.8, 4) is 0 Å². The number of hydrogen-bond donors (Lipinski definition) is 0. The fourth-order valence-electron chi connectivity index (χ4n) is 3.31. The molecule has 0 heterocycles. The van der Waals surface area contributed by atoms with Crippen molar-refractivity contribution in [1.29, 1.82) is 0 Å². The Bertz CT molecular complexity index is 918. The average Bonchev–Trinajstić information content (AvgIpc) is 2.83. The van der Waals surface area contributed by atoms with Crippen molar-refractivity contribution in [3.05, 3.63) is 83.9 Å². The fourth-order valence-corrected chi connectivity index (χ4v) is 3.31. The van der Waals surface area contributed by atoms with Gasteiger partial charge in [0.25, 0.3) is 0 Å². The molecule has 0 saturated heterocycles. The first kappa shape index (κ1) is 23.5. The Morgan fingerprint density at radius 3 is 0.969 bits per heavy atom. The Morgan fingerprint density at radius 1 is 0.469 bits per heavy atom. The summed E-state index contributed by atoms with van der Waals surface area (Å²) in [5.74, 6) is 1.40. The van der Waals surface area contributed by atoms with Crippen molar-refractivity contribution in [1.82, 2.24) is 0 Å². The Hall–Kier alpha value is -3.14. The summed E-state index contributed by atoms with van der Waals surface area (Å²) in [6.07, 6.45) is 4.60. The lowest BCUT2D eigenvalue weighted by Gasteiger charge is -2.07. The van der Waals surface area contributed by atoms with E-state index in [4.69, 9.17) is 0 Å². The van der Waals surface area contributed by atoms with Crippen LogP contribution in [0.4, 0.5) is 22.7 Å². The molecule has 4 nitrogen and oxygen atoms in total. The SMILES string of the molecule is CCC(C)Cc1ccc(N=Nc2ccc(N=Nc3ccc(CC(C)CC)cc3)cc2)cc1. The van der Waals surface area contributed by atoms with E-state index >= 15 is 0 Å². The molecule has 2 atom stereocenters. The molecule has 2 unspecified atom stereocenters. The van der Waals surface area contributed by atoms with E-state index in [0.717, 1.165) is 35.6 Å². The maximum Gasteiger partial charge on any atom is 0.0858 e. The van der Waals surface area contributed by atoms with Gasteiger partial charge in [-0.2, -0.15) is 20.5 Å². The van der Waals surface area contributed by atoms with Gasteiger partial charge in [0.05, 0.1) is 22.7 Å². The summed E-state index contributed by atoms with van der Waals surface area (Å²) in [4.78, 5) is 0. The Morgan fingerprint density at radius 2 is 0.719 bits per heavy atom. The molecule has 0 aliphatic heterocycles. The predicted molar refractivity (Wildman–Crippen MR) is 134 cm³/mol. The zero-order valence-electron chi connectivity index (χ0n) is 19.7. The van der Waals surface area contributed by atoms with Crippen molar-refractivity contribution in [3.63, 3.8) is 0 Å². The van der Waals surface area contributed by atoms with E-state index in [2.05, 4.69) is 72.4 Å². The lowest BCUT2D eigenvalue weighted by Crippen LogP contribution is -1.96. The van der Waals surface area contributed by atoms with Crippen molar-refractivity contribution < 1.29 is 0 Å². The van der Waals surface area contributed by atoms with Crippen LogP contribution in [0.2, 0.25) is 0 Å². The van der Waals surface area contributed by atoms with Gasteiger partial charge < -0.3 is 0 Å². The molecule has 0 N–H and O–H groups in total. The molecule has 32 heavy (non-hydrogen) atoms. The van der Waals surface area contributed by atoms with Crippen LogP contribution in [0.3, 0.4) is 0 Å². The Balaban J connectivity index is 1.55. The minimum Gasteiger partial charge on any atom is -0.151 e. The molecule has 0 aliphatic rings. The third-order valence-electron chi connectivity index (χ3n) is 5.85. The van der Waals surface area contributed by atoms with E-state index in [1.807, 2.05) is 48.5 Å². The molecule has 0 saturated carbocycles. The lowest BCUT2D eigenvalue weighted by molar-refractivity contribution is 0.560. The van der Waals surface area contributed by atoms with Gasteiger partial charge in [-0.25, -0.2) is 0 Å². The van der Waals surface area contributed by atoms with Gasteiger partial charge >= 0.3 is 0 Å². The first-order valence-corrected chi connectivity index (χ1v) is 11.7. The predicted octanol–water partition coefficient (Wildman–Crippen LogP) is 9.69. The van der Waals surface area contributed by atoms with Gasteiger partial charge in [0.1, 0.15) is 0 Å². The molecular formula is C28H34N4. The maximum atomic E-state index is 4.35. The van der Waals surface area contributed by atoms with Crippen LogP contribution in [0.15, 0.2) is 93.3 Å². The zero-order chi connectivity index (χ0) is 22.8. The highest BCUT2D eigenvalue weighted by Crippen LogP contribution is 2.24. The molecule has 3 aromatic rings. The molecule has 3 rings (SSSR count). The lowest BCUT2D eigenvalue weighted by atomic mass is 9.99. The van der Waals surface area contributed by atoms with E-state index in [-0.39, 0.29) is 0 Å². The first-order valence-electron chi connectivity index (χ1n) is 11.7. The van der Waals surface area contributed by atoms with Crippen LogP contribution in [0.5, 0.6) is 0 Å². The third-order valence-corrected chi connectivity index (χ3v) is 5.85. The zero-order valence-corrected chi connectivity index (χ0v) is 19.7. The van der Waals surface area contributed by atoms with Crippen molar-refractivity contribution >= 4 is 22.7 Å². The number of azo groups is 2. The van der Waals surface area contributed by atoms with Gasteiger partial charge in [-0.3, -0.25) is 0 Å². The van der Waals surface area contributed by atoms with Gasteiger partial charge in [0.2, 0.25) is 0 Å². The van der Waals surface area contributed by atoms with E-state index in [1.54, 1.807) is 0 Å². The topological polar surface area (TPSA) is 49.4 Å². The summed E-state index contributed by atoms with van der Waals surface area (Å²) < 4.78 is 0. The molecule has 166 valence electrons. The molecule has 0 bridgehead atoms. The normalized spacial score (nSPS) is 13.6. The average molecular weight is 427 g/mol. The van der Waals surface area contributed by atoms with Gasteiger partial charge in [-0.1, -0.05) is 64.8 Å². The second-order valence-electron chi connectivity index (χ2n) is 8.68. The summed E-state index contributed by atoms with van der Waals surface area (Å²) in [5, 5.41) is 17.4. The van der Waals surface area contributed by atoms with E-state index in [1.165, 1.54) is 24.0 Å². The molecule has 0 amide bonds. The highest BCUT2D eigenvalue weighted by atomic mass is 15.1. The second kappa shape index (κ2) is 12.0. The van der Waals surface area contributed by atoms with Crippen LogP contribution >= 0.6 is 0 Å². The van der Waals surface area contributed by atoms with Gasteiger partial charge in [-0.05, 0) is 84.3 Å². The van der Waals surface area contributed by atoms with Gasteiger partial charge in [-0.15, -0.1) is 0 Å². The maximum absolute atomic E-state index is 4.35. The van der Waals surface area contributed by atoms with Crippen LogP contribution < -0.4 is 0 Å². The van der Waals surface area contributed by atoms with E-state index in [9.17, 15) is 0 Å². The minimum absolute atomic E-state index is 0.701. The first-order chi connectivity index (χ1) is 15.6. The highest BCUT2D eigenvalue weighted by molar-refractivity contribution is 5.48. The quantitative estimate of drug-likeness (QED) is 0.290. The van der Waals surface area contributed by atoms with Crippen molar-refractivity contribution in [2.75, 3.05) is 0 Å². The summed E-state index contributed by atoms with van der Waals surface area (Å²) in [5.41, 5.74) is 6.00. The van der Waals surface area contributed by atoms with Crippen LogP contribution in [-0.4, -0.2) is 0 Å². The van der Waals surface area contributed by atoms with Crippen LogP contribution in [-0.2, 0) is 12.8 Å². The summed E-state index contributed by atoms with van der Waals surface area (Å²) in [6.45, 7) is 9.01. The van der Waals surface area contributed by atoms with Gasteiger partial charge in [0.15, 0.2) is 0 Å². The monoisotopic (exact) mass is 426 g/mol. The third kappa shape index (κ3) is 7.52. The standard InChI is InChI=1S/C28H34N4/c1-5-21(3)19-23-7-11-25(12-8-23)29-31-27-15-17-28(18-16-27)32-30-26-13-9-24(10-14-26)20-22(4)6-2/h7-18,21-22H,5-6,19-20H2,1-4H3. The number of hydrogen-bond acceptors (Lipinski definition) is 4. The molecule has 0 fully saturated rings. The summed E-state index contributed by atoms with van der Waals surface area (Å²) >= 11 is 0. The minimum atomic E-state index is 0.701. The largest absolute Gasteiger partial charge is 0.151 e. The molecule has 0 aliphatic carbocycles. The van der Waals surface area contributed by atoms with Crippen LogP contribution in [0.25, 0.3) is 0 Å². The fraction of sp³-hybridized carbons (Fsp3) is 0.357.